The van der Waals surface area contributed by atoms with Gasteiger partial charge in [0.2, 0.25) is 0 Å². The number of benzene rings is 2. The Morgan fingerprint density at radius 3 is 2.68 bits per heavy atom. The normalized spacial score (nSPS) is 10.9. The van der Waals surface area contributed by atoms with Crippen molar-refractivity contribution in [2.24, 2.45) is 7.05 Å². The minimum atomic E-state index is -1.20. The van der Waals surface area contributed by atoms with Gasteiger partial charge in [-0.1, -0.05) is 42.5 Å². The first-order valence-corrected chi connectivity index (χ1v) is 8.58. The Morgan fingerprint density at radius 1 is 1.07 bits per heavy atom. The topological polar surface area (TPSA) is 102 Å². The monoisotopic (exact) mass is 375 g/mol. The summed E-state index contributed by atoms with van der Waals surface area (Å²) in [6.07, 6.45) is 4.39. The van der Waals surface area contributed by atoms with Crippen molar-refractivity contribution in [2.45, 2.75) is 6.54 Å². The van der Waals surface area contributed by atoms with Crippen LogP contribution in [0.5, 0.6) is 0 Å². The summed E-state index contributed by atoms with van der Waals surface area (Å²) >= 11 is 0. The highest BCUT2D eigenvalue weighted by Gasteiger charge is 2.22. The molecule has 0 aliphatic heterocycles. The van der Waals surface area contributed by atoms with Crippen LogP contribution in [0.1, 0.15) is 26.4 Å². The predicted octanol–water partition coefficient (Wildman–Crippen LogP) is 2.77. The molecule has 28 heavy (non-hydrogen) atoms. The molecule has 2 heterocycles. The van der Waals surface area contributed by atoms with E-state index in [2.05, 4.69) is 33.7 Å². The highest BCUT2D eigenvalue weighted by molar-refractivity contribution is 6.09. The van der Waals surface area contributed by atoms with Crippen LogP contribution in [0, 0.1) is 0 Å². The highest BCUT2D eigenvalue weighted by atomic mass is 16.4. The number of nitrogens with one attached hydrogen (secondary N) is 1. The standard InChI is InChI=1S/C20H17N5O3/c1-24-18(17(10-21-24)20(27)28)19(26)23-15-9-22-25(12-15)11-14-7-4-6-13-5-2-3-8-16(13)14/h2-10,12H,11H2,1H3,(H,23,26)(H,27,28). The van der Waals surface area contributed by atoms with Gasteiger partial charge in [0, 0.05) is 13.2 Å². The SMILES string of the molecule is Cn1ncc(C(=O)O)c1C(=O)Nc1cnn(Cc2cccc3ccccc23)c1. The number of carbonyl (C=O) groups excluding carboxylic acids is 1. The summed E-state index contributed by atoms with van der Waals surface area (Å²) in [5.41, 5.74) is 1.42. The van der Waals surface area contributed by atoms with Crippen LogP contribution in [-0.2, 0) is 13.6 Å². The van der Waals surface area contributed by atoms with Crippen LogP contribution < -0.4 is 5.32 Å². The lowest BCUT2D eigenvalue weighted by atomic mass is 10.0. The molecule has 0 aliphatic carbocycles. The first-order chi connectivity index (χ1) is 13.5. The average Bonchev–Trinajstić information content (AvgIpc) is 3.28. The van der Waals surface area contributed by atoms with E-state index in [0.717, 1.165) is 22.5 Å². The second-order valence-electron chi connectivity index (χ2n) is 6.35. The van der Waals surface area contributed by atoms with Gasteiger partial charge in [-0.3, -0.25) is 14.2 Å². The number of carbonyl (C=O) groups is 2. The Balaban J connectivity index is 1.54. The lowest BCUT2D eigenvalue weighted by Gasteiger charge is -2.07. The molecule has 8 heteroatoms. The maximum absolute atomic E-state index is 12.5. The molecule has 0 bridgehead atoms. The predicted molar refractivity (Wildman–Crippen MR) is 103 cm³/mol. The summed E-state index contributed by atoms with van der Waals surface area (Å²) in [5.74, 6) is -1.76. The van der Waals surface area contributed by atoms with Gasteiger partial charge in [-0.15, -0.1) is 0 Å². The van der Waals surface area contributed by atoms with Gasteiger partial charge in [-0.05, 0) is 16.3 Å². The van der Waals surface area contributed by atoms with Crippen LogP contribution in [0.25, 0.3) is 10.8 Å². The quantitative estimate of drug-likeness (QED) is 0.558. The van der Waals surface area contributed by atoms with E-state index in [9.17, 15) is 14.7 Å². The minimum absolute atomic E-state index is 0.0192. The fourth-order valence-electron chi connectivity index (χ4n) is 3.17. The summed E-state index contributed by atoms with van der Waals surface area (Å²) in [4.78, 5) is 23.7. The molecule has 2 aromatic carbocycles. The van der Waals surface area contributed by atoms with Crippen molar-refractivity contribution < 1.29 is 14.7 Å². The van der Waals surface area contributed by atoms with Gasteiger partial charge >= 0.3 is 5.97 Å². The first-order valence-electron chi connectivity index (χ1n) is 8.58. The molecule has 0 saturated carbocycles. The molecule has 2 N–H and O–H groups in total. The van der Waals surface area contributed by atoms with E-state index in [1.54, 1.807) is 10.9 Å². The van der Waals surface area contributed by atoms with Crippen LogP contribution in [0.15, 0.2) is 61.1 Å². The number of hydrogen-bond acceptors (Lipinski definition) is 4. The van der Waals surface area contributed by atoms with Crippen molar-refractivity contribution in [3.05, 3.63) is 77.9 Å². The van der Waals surface area contributed by atoms with Gasteiger partial charge in [0.15, 0.2) is 0 Å². The number of amides is 1. The second kappa shape index (κ2) is 6.99. The lowest BCUT2D eigenvalue weighted by molar-refractivity contribution is 0.0692. The number of carboxylic acids is 1. The molecule has 4 aromatic rings. The Labute approximate surface area is 160 Å². The third kappa shape index (κ3) is 3.23. The summed E-state index contributed by atoms with van der Waals surface area (Å²) < 4.78 is 2.96. The largest absolute Gasteiger partial charge is 0.478 e. The molecule has 0 fully saturated rings. The van der Waals surface area contributed by atoms with Crippen molar-refractivity contribution in [1.29, 1.82) is 0 Å². The number of rotatable bonds is 5. The van der Waals surface area contributed by atoms with Gasteiger partial charge in [0.1, 0.15) is 11.3 Å². The average molecular weight is 375 g/mol. The van der Waals surface area contributed by atoms with Gasteiger partial charge < -0.3 is 10.4 Å². The maximum Gasteiger partial charge on any atom is 0.339 e. The fraction of sp³-hybridized carbons (Fsp3) is 0.100. The summed E-state index contributed by atoms with van der Waals surface area (Å²) in [7, 11) is 1.52. The molecular formula is C20H17N5O3. The number of anilines is 1. The minimum Gasteiger partial charge on any atom is -0.478 e. The van der Waals surface area contributed by atoms with Gasteiger partial charge in [0.25, 0.3) is 5.91 Å². The number of aryl methyl sites for hydroxylation is 1. The van der Waals surface area contributed by atoms with Gasteiger partial charge in [-0.25, -0.2) is 4.79 Å². The molecule has 4 rings (SSSR count). The summed E-state index contributed by atoms with van der Waals surface area (Å²) in [6.45, 7) is 0.545. The third-order valence-electron chi connectivity index (χ3n) is 4.49. The Kier molecular flexibility index (Phi) is 4.36. The smallest absolute Gasteiger partial charge is 0.339 e. The van der Waals surface area contributed by atoms with E-state index in [-0.39, 0.29) is 11.3 Å². The molecule has 1 amide bonds. The van der Waals surface area contributed by atoms with Gasteiger partial charge in [0.05, 0.1) is 24.6 Å². The number of aromatic nitrogens is 4. The van der Waals surface area contributed by atoms with Crippen molar-refractivity contribution in [3.8, 4) is 0 Å². The third-order valence-corrected chi connectivity index (χ3v) is 4.49. The van der Waals surface area contributed by atoms with Crippen LogP contribution in [0.3, 0.4) is 0 Å². The molecule has 0 saturated heterocycles. The number of carboxylic acid groups (broad SMARTS) is 1. The first kappa shape index (κ1) is 17.5. The zero-order chi connectivity index (χ0) is 19.7. The molecule has 2 aromatic heterocycles. The molecule has 140 valence electrons. The van der Waals surface area contributed by atoms with Crippen LogP contribution >= 0.6 is 0 Å². The number of fused-ring (bicyclic) bond motifs is 1. The van der Waals surface area contributed by atoms with Crippen LogP contribution in [0.4, 0.5) is 5.69 Å². The van der Waals surface area contributed by atoms with E-state index in [4.69, 9.17) is 0 Å². The Bertz CT molecular complexity index is 1190. The van der Waals surface area contributed by atoms with E-state index in [0.29, 0.717) is 12.2 Å². The van der Waals surface area contributed by atoms with E-state index >= 15 is 0 Å². The molecule has 0 radical (unpaired) electrons. The van der Waals surface area contributed by atoms with Gasteiger partial charge in [-0.2, -0.15) is 10.2 Å². The molecule has 0 atom stereocenters. The Hall–Kier alpha value is -3.94. The molecule has 8 nitrogen and oxygen atoms in total. The highest BCUT2D eigenvalue weighted by Crippen LogP contribution is 2.20. The second-order valence-corrected chi connectivity index (χ2v) is 6.35. The molecule has 0 unspecified atom stereocenters. The van der Waals surface area contributed by atoms with E-state index < -0.39 is 11.9 Å². The lowest BCUT2D eigenvalue weighted by Crippen LogP contribution is -2.19. The number of nitrogens with zero attached hydrogens (tertiary/aromatic N) is 4. The van der Waals surface area contributed by atoms with Crippen molar-refractivity contribution >= 4 is 28.3 Å². The summed E-state index contributed by atoms with van der Waals surface area (Å²) in [5, 5.41) is 22.3. The number of hydrogen-bond donors (Lipinski definition) is 2. The van der Waals surface area contributed by atoms with Crippen LogP contribution in [0.2, 0.25) is 0 Å². The van der Waals surface area contributed by atoms with Crippen molar-refractivity contribution in [3.63, 3.8) is 0 Å². The Morgan fingerprint density at radius 2 is 1.86 bits per heavy atom. The molecule has 0 aliphatic rings. The van der Waals surface area contributed by atoms with E-state index in [1.165, 1.54) is 17.9 Å². The molecular weight excluding hydrogens is 358 g/mol. The fourth-order valence-corrected chi connectivity index (χ4v) is 3.17. The number of aromatic carboxylic acids is 1. The summed E-state index contributed by atoms with van der Waals surface area (Å²) in [6, 6.07) is 14.2. The van der Waals surface area contributed by atoms with Crippen molar-refractivity contribution in [1.82, 2.24) is 19.6 Å². The zero-order valence-corrected chi connectivity index (χ0v) is 15.0. The maximum atomic E-state index is 12.5. The van der Waals surface area contributed by atoms with Crippen LogP contribution in [-0.4, -0.2) is 36.5 Å². The van der Waals surface area contributed by atoms with Crippen molar-refractivity contribution in [2.75, 3.05) is 5.32 Å². The molecule has 0 spiro atoms. The zero-order valence-electron chi connectivity index (χ0n) is 15.0. The van der Waals surface area contributed by atoms with E-state index in [1.807, 2.05) is 24.3 Å².